The molecule has 142 valence electrons. The molecule has 0 aliphatic heterocycles. The van der Waals surface area contributed by atoms with E-state index in [4.69, 9.17) is 5.73 Å². The van der Waals surface area contributed by atoms with Crippen molar-refractivity contribution in [3.05, 3.63) is 46.9 Å². The smallest absolute Gasteiger partial charge is 0.253 e. The third kappa shape index (κ3) is 3.27. The maximum atomic E-state index is 12.9. The minimum Gasteiger partial charge on any atom is -0.383 e. The lowest BCUT2D eigenvalue weighted by Gasteiger charge is -2.19. The summed E-state index contributed by atoms with van der Waals surface area (Å²) in [5, 5.41) is 1.08. The van der Waals surface area contributed by atoms with Crippen molar-refractivity contribution in [2.45, 2.75) is 34.1 Å². The zero-order chi connectivity index (χ0) is 19.9. The van der Waals surface area contributed by atoms with Gasteiger partial charge in [-0.3, -0.25) is 4.79 Å². The molecule has 6 nitrogen and oxygen atoms in total. The summed E-state index contributed by atoms with van der Waals surface area (Å²) in [6.07, 6.45) is 4.31. The Balaban J connectivity index is 2.33. The maximum absolute atomic E-state index is 12.9. The third-order valence-electron chi connectivity index (χ3n) is 4.86. The number of aromatic nitrogens is 3. The topological polar surface area (TPSA) is 77.0 Å². The number of carbonyl (C=O) groups excluding carboxylic acids is 1. The van der Waals surface area contributed by atoms with Crippen LogP contribution < -0.4 is 5.73 Å². The largest absolute Gasteiger partial charge is 0.383 e. The van der Waals surface area contributed by atoms with Crippen molar-refractivity contribution in [1.29, 1.82) is 0 Å². The van der Waals surface area contributed by atoms with Gasteiger partial charge >= 0.3 is 0 Å². The minimum atomic E-state index is 0.0419. The number of nitrogens with two attached hydrogens (primary N) is 1. The summed E-state index contributed by atoms with van der Waals surface area (Å²) < 4.78 is 2.03. The van der Waals surface area contributed by atoms with Gasteiger partial charge in [0.2, 0.25) is 0 Å². The number of fused-ring (bicyclic) bond motifs is 1. The molecule has 0 bridgehead atoms. The van der Waals surface area contributed by atoms with E-state index in [1.54, 1.807) is 19.0 Å². The maximum Gasteiger partial charge on any atom is 0.253 e. The number of carbonyl (C=O) groups is 1. The molecule has 6 heteroatoms. The quantitative estimate of drug-likeness (QED) is 0.767. The number of amides is 1. The van der Waals surface area contributed by atoms with Crippen molar-refractivity contribution in [1.82, 2.24) is 19.4 Å². The summed E-state index contributed by atoms with van der Waals surface area (Å²) >= 11 is 0. The van der Waals surface area contributed by atoms with Crippen LogP contribution in [0.3, 0.4) is 0 Å². The van der Waals surface area contributed by atoms with Gasteiger partial charge in [-0.15, -0.1) is 0 Å². The molecular weight excluding hydrogens is 338 g/mol. The highest BCUT2D eigenvalue weighted by Gasteiger charge is 2.22. The van der Waals surface area contributed by atoms with Crippen LogP contribution >= 0.6 is 0 Å². The lowest BCUT2D eigenvalue weighted by molar-refractivity contribution is 0.0826. The Bertz CT molecular complexity index is 1020. The molecule has 3 aromatic rings. The fourth-order valence-corrected chi connectivity index (χ4v) is 3.52. The Morgan fingerprint density at radius 2 is 1.96 bits per heavy atom. The molecule has 0 fully saturated rings. The van der Waals surface area contributed by atoms with E-state index < -0.39 is 0 Å². The minimum absolute atomic E-state index is 0.0419. The van der Waals surface area contributed by atoms with E-state index in [0.717, 1.165) is 45.4 Å². The molecule has 2 aromatic heterocycles. The molecule has 0 aliphatic carbocycles. The van der Waals surface area contributed by atoms with E-state index in [1.807, 2.05) is 24.6 Å². The van der Waals surface area contributed by atoms with Gasteiger partial charge in [0.1, 0.15) is 18.0 Å². The number of hydrogen-bond donors (Lipinski definition) is 1. The van der Waals surface area contributed by atoms with Crippen LogP contribution in [0.2, 0.25) is 0 Å². The SMILES string of the molecule is Cc1cc2c(ccn2-c2ncnc(N)c2C)c(CC(C)C)c1C(=O)N(C)C. The lowest BCUT2D eigenvalue weighted by Crippen LogP contribution is -2.24. The predicted molar refractivity (Wildman–Crippen MR) is 109 cm³/mol. The molecular formula is C21H27N5O. The number of hydrogen-bond acceptors (Lipinski definition) is 4. The standard InChI is InChI=1S/C21H27N5O/c1-12(2)9-16-15-7-8-26(20-14(4)19(22)23-11-24-20)17(15)10-13(3)18(16)21(27)25(5)6/h7-8,10-12H,9H2,1-6H3,(H2,22,23,24). The van der Waals surface area contributed by atoms with Gasteiger partial charge in [-0.05, 0) is 49.4 Å². The average Bonchev–Trinajstić information content (AvgIpc) is 3.00. The molecule has 27 heavy (non-hydrogen) atoms. The second-order valence-electron chi connectivity index (χ2n) is 7.67. The van der Waals surface area contributed by atoms with Crippen LogP contribution in [0, 0.1) is 19.8 Å². The van der Waals surface area contributed by atoms with E-state index in [0.29, 0.717) is 11.7 Å². The molecule has 0 spiro atoms. The molecule has 0 radical (unpaired) electrons. The first-order valence-corrected chi connectivity index (χ1v) is 9.15. The third-order valence-corrected chi connectivity index (χ3v) is 4.86. The Morgan fingerprint density at radius 3 is 2.59 bits per heavy atom. The van der Waals surface area contributed by atoms with Crippen molar-refractivity contribution in [3.63, 3.8) is 0 Å². The molecule has 2 N–H and O–H groups in total. The second-order valence-corrected chi connectivity index (χ2v) is 7.67. The zero-order valence-corrected chi connectivity index (χ0v) is 16.9. The Labute approximate surface area is 160 Å². The second kappa shape index (κ2) is 7.02. The van der Waals surface area contributed by atoms with E-state index in [9.17, 15) is 4.79 Å². The van der Waals surface area contributed by atoms with Crippen LogP contribution in [0.25, 0.3) is 16.7 Å². The van der Waals surface area contributed by atoms with Gasteiger partial charge in [0.15, 0.2) is 0 Å². The highest BCUT2D eigenvalue weighted by Crippen LogP contribution is 2.32. The predicted octanol–water partition coefficient (Wildman–Crippen LogP) is 3.52. The van der Waals surface area contributed by atoms with Crippen molar-refractivity contribution in [3.8, 4) is 5.82 Å². The van der Waals surface area contributed by atoms with Gasteiger partial charge in [-0.1, -0.05) is 13.8 Å². The number of rotatable bonds is 4. The summed E-state index contributed by atoms with van der Waals surface area (Å²) in [5.41, 5.74) is 10.7. The summed E-state index contributed by atoms with van der Waals surface area (Å²) in [5.74, 6) is 1.71. The number of nitrogen functional groups attached to an aromatic ring is 1. The van der Waals surface area contributed by atoms with Gasteiger partial charge in [-0.2, -0.15) is 0 Å². The number of aryl methyl sites for hydroxylation is 1. The summed E-state index contributed by atoms with van der Waals surface area (Å²) in [6.45, 7) is 8.26. The fourth-order valence-electron chi connectivity index (χ4n) is 3.52. The average molecular weight is 365 g/mol. The molecule has 3 rings (SSSR count). The number of anilines is 1. The van der Waals surface area contributed by atoms with Crippen LogP contribution in [0.1, 0.15) is 40.9 Å². The van der Waals surface area contributed by atoms with E-state index >= 15 is 0 Å². The van der Waals surface area contributed by atoms with Crippen LogP contribution in [-0.2, 0) is 6.42 Å². The van der Waals surface area contributed by atoms with Crippen LogP contribution in [-0.4, -0.2) is 39.4 Å². The Morgan fingerprint density at radius 1 is 1.26 bits per heavy atom. The first-order chi connectivity index (χ1) is 12.7. The molecule has 1 aromatic carbocycles. The van der Waals surface area contributed by atoms with Crippen molar-refractivity contribution >= 4 is 22.6 Å². The first-order valence-electron chi connectivity index (χ1n) is 9.15. The van der Waals surface area contributed by atoms with Crippen molar-refractivity contribution in [2.75, 3.05) is 19.8 Å². The van der Waals surface area contributed by atoms with Gasteiger partial charge < -0.3 is 15.2 Å². The van der Waals surface area contributed by atoms with Crippen LogP contribution in [0.5, 0.6) is 0 Å². The number of nitrogens with zero attached hydrogens (tertiary/aromatic N) is 4. The van der Waals surface area contributed by atoms with Gasteiger partial charge in [-0.25, -0.2) is 9.97 Å². The van der Waals surface area contributed by atoms with Crippen molar-refractivity contribution in [2.24, 2.45) is 5.92 Å². The molecule has 2 heterocycles. The van der Waals surface area contributed by atoms with E-state index in [1.165, 1.54) is 6.33 Å². The summed E-state index contributed by atoms with van der Waals surface area (Å²) in [7, 11) is 3.59. The normalized spacial score (nSPS) is 11.4. The Hall–Kier alpha value is -2.89. The Kier molecular flexibility index (Phi) is 4.91. The van der Waals surface area contributed by atoms with E-state index in [-0.39, 0.29) is 5.91 Å². The summed E-state index contributed by atoms with van der Waals surface area (Å²) in [6, 6.07) is 4.13. The molecule has 0 saturated heterocycles. The molecule has 0 saturated carbocycles. The zero-order valence-electron chi connectivity index (χ0n) is 16.9. The molecule has 0 aliphatic rings. The monoisotopic (exact) mass is 365 g/mol. The highest BCUT2D eigenvalue weighted by atomic mass is 16.2. The van der Waals surface area contributed by atoms with Crippen LogP contribution in [0.15, 0.2) is 24.7 Å². The molecule has 1 amide bonds. The van der Waals surface area contributed by atoms with E-state index in [2.05, 4.69) is 35.9 Å². The van der Waals surface area contributed by atoms with Gasteiger partial charge in [0.05, 0.1) is 5.52 Å². The molecule has 0 atom stereocenters. The van der Waals surface area contributed by atoms with Crippen molar-refractivity contribution < 1.29 is 4.79 Å². The van der Waals surface area contributed by atoms with Gasteiger partial charge in [0.25, 0.3) is 5.91 Å². The van der Waals surface area contributed by atoms with Crippen LogP contribution in [0.4, 0.5) is 5.82 Å². The summed E-state index contributed by atoms with van der Waals surface area (Å²) in [4.78, 5) is 23.0. The molecule has 0 unspecified atom stereocenters. The first kappa shape index (κ1) is 18.9. The number of benzene rings is 1. The lowest BCUT2D eigenvalue weighted by atomic mass is 9.91. The highest BCUT2D eigenvalue weighted by molar-refractivity contribution is 6.02. The van der Waals surface area contributed by atoms with Gasteiger partial charge in [0, 0.05) is 36.8 Å². The fraction of sp³-hybridized carbons (Fsp3) is 0.381.